The number of carbonyl (C=O) groups excluding carboxylic acids is 3. The Bertz CT molecular complexity index is 1920. The first-order valence-electron chi connectivity index (χ1n) is 30.9. The average molecular weight is 1080 g/mol. The van der Waals surface area contributed by atoms with E-state index in [0.29, 0.717) is 12.8 Å². The highest BCUT2D eigenvalue weighted by molar-refractivity contribution is 5.72. The molecule has 1 unspecified atom stereocenters. The SMILES string of the molecule is CC/C=C\C/C=C\C/C=C\C/C=C\C/C=C\C/C=C\C/C=C\C/C=C\CCCCC(=O)OCC(COC(=O)C/C=C\C/C=C\C/C=C\C/C=C\C/C=C\CC)OC(=O)CCCCCCCC/C=C\C/C=C\C/C=C\CCCCC. The summed E-state index contributed by atoms with van der Waals surface area (Å²) in [6, 6.07) is 0. The minimum absolute atomic E-state index is 0.105. The van der Waals surface area contributed by atoms with Gasteiger partial charge in [0.05, 0.1) is 6.42 Å². The molecule has 0 saturated heterocycles. The van der Waals surface area contributed by atoms with E-state index in [9.17, 15) is 14.4 Å². The molecule has 0 N–H and O–H groups in total. The van der Waals surface area contributed by atoms with Gasteiger partial charge in [0.1, 0.15) is 13.2 Å². The smallest absolute Gasteiger partial charge is 0.309 e. The van der Waals surface area contributed by atoms with E-state index in [1.165, 1.54) is 38.5 Å². The highest BCUT2D eigenvalue weighted by Crippen LogP contribution is 2.12. The number of hydrogen-bond acceptors (Lipinski definition) is 6. The Labute approximate surface area is 484 Å². The predicted molar refractivity (Wildman–Crippen MR) is 343 cm³/mol. The molecule has 438 valence electrons. The maximum atomic E-state index is 12.9. The van der Waals surface area contributed by atoms with Crippen LogP contribution in [0.2, 0.25) is 0 Å². The van der Waals surface area contributed by atoms with Crippen LogP contribution in [0.3, 0.4) is 0 Å². The predicted octanol–water partition coefficient (Wildman–Crippen LogP) is 21.4. The summed E-state index contributed by atoms with van der Waals surface area (Å²) in [7, 11) is 0. The van der Waals surface area contributed by atoms with Crippen LogP contribution in [0.4, 0.5) is 0 Å². The van der Waals surface area contributed by atoms with Crippen LogP contribution in [0.15, 0.2) is 194 Å². The zero-order valence-corrected chi connectivity index (χ0v) is 50.0. The Morgan fingerprint density at radius 1 is 0.278 bits per heavy atom. The number of ether oxygens (including phenoxy) is 3. The van der Waals surface area contributed by atoms with Crippen LogP contribution in [0.5, 0.6) is 0 Å². The molecule has 0 aliphatic carbocycles. The summed E-state index contributed by atoms with van der Waals surface area (Å²) in [4.78, 5) is 38.2. The molecule has 0 saturated carbocycles. The number of hydrogen-bond donors (Lipinski definition) is 0. The molecule has 0 aliphatic rings. The van der Waals surface area contributed by atoms with Gasteiger partial charge in [0, 0.05) is 12.8 Å². The third kappa shape index (κ3) is 63.0. The van der Waals surface area contributed by atoms with Gasteiger partial charge in [0.15, 0.2) is 6.10 Å². The first-order valence-corrected chi connectivity index (χ1v) is 30.9. The van der Waals surface area contributed by atoms with Crippen molar-refractivity contribution in [3.63, 3.8) is 0 Å². The van der Waals surface area contributed by atoms with Crippen molar-refractivity contribution < 1.29 is 28.6 Å². The molecule has 0 rings (SSSR count). The van der Waals surface area contributed by atoms with E-state index in [1.54, 1.807) is 6.08 Å². The number of allylic oxidation sites excluding steroid dienone is 31. The Kier molecular flexibility index (Phi) is 60.1. The van der Waals surface area contributed by atoms with Gasteiger partial charge >= 0.3 is 17.9 Å². The fourth-order valence-corrected chi connectivity index (χ4v) is 7.54. The second-order valence-electron chi connectivity index (χ2n) is 19.5. The number of carbonyl (C=O) groups is 3. The second-order valence-corrected chi connectivity index (χ2v) is 19.5. The fourth-order valence-electron chi connectivity index (χ4n) is 7.54. The number of unbranched alkanes of at least 4 members (excludes halogenated alkanes) is 11. The van der Waals surface area contributed by atoms with Crippen molar-refractivity contribution in [2.45, 2.75) is 232 Å². The number of rotatable bonds is 53. The average Bonchev–Trinajstić information content (AvgIpc) is 3.45. The van der Waals surface area contributed by atoms with Crippen LogP contribution in [0, 0.1) is 0 Å². The molecule has 6 nitrogen and oxygen atoms in total. The van der Waals surface area contributed by atoms with Crippen LogP contribution in [0.25, 0.3) is 0 Å². The molecule has 79 heavy (non-hydrogen) atoms. The van der Waals surface area contributed by atoms with Crippen molar-refractivity contribution in [2.75, 3.05) is 13.2 Å². The molecule has 0 aromatic heterocycles. The van der Waals surface area contributed by atoms with Crippen molar-refractivity contribution in [2.24, 2.45) is 0 Å². The molecule has 0 bridgehead atoms. The van der Waals surface area contributed by atoms with Gasteiger partial charge in [-0.05, 0) is 148 Å². The second kappa shape index (κ2) is 64.8. The van der Waals surface area contributed by atoms with Crippen LogP contribution < -0.4 is 0 Å². The van der Waals surface area contributed by atoms with Crippen molar-refractivity contribution >= 4 is 17.9 Å². The monoisotopic (exact) mass is 1080 g/mol. The molecule has 0 amide bonds. The minimum atomic E-state index is -0.857. The Morgan fingerprint density at radius 3 is 0.911 bits per heavy atom. The molecule has 0 heterocycles. The summed E-state index contributed by atoms with van der Waals surface area (Å²) >= 11 is 0. The first kappa shape index (κ1) is 73.2. The topological polar surface area (TPSA) is 78.9 Å². The maximum absolute atomic E-state index is 12.9. The quantitative estimate of drug-likeness (QED) is 0.0261. The summed E-state index contributed by atoms with van der Waals surface area (Å²) in [5.41, 5.74) is 0. The third-order valence-corrected chi connectivity index (χ3v) is 12.1. The standard InChI is InChI=1S/C73H110O6/c1-4-7-10-13-16-19-22-25-28-30-32-33-34-35-36-37-38-39-41-42-45-48-51-54-57-60-63-66-72(75)78-69-70(68-77-71(74)65-62-59-56-53-50-47-44-27-24-21-18-15-12-9-6-3)79-73(76)67-64-61-58-55-52-49-46-43-40-31-29-26-23-20-17-14-11-8-5-2/h7,9-10,12,16-21,25-29,32-33,35-36,38-40,42-45,50-51,53-54,59,62,70H,4-6,8,11,13-15,22-24,30-31,34,37,41,46-49,52,55-58,60-61,63-69H2,1-3H3/b10-7-,12-9-,19-16-,20-17-,21-18-,28-25-,29-26-,33-32-,36-35-,39-38-,43-40-,44-27-,45-42-,53-50-,54-51-,62-59-. The Morgan fingerprint density at radius 2 is 0.544 bits per heavy atom. The normalized spacial score (nSPS) is 13.5. The van der Waals surface area contributed by atoms with Crippen LogP contribution >= 0.6 is 0 Å². The third-order valence-electron chi connectivity index (χ3n) is 12.1. The van der Waals surface area contributed by atoms with Gasteiger partial charge in [-0.2, -0.15) is 0 Å². The summed E-state index contributed by atoms with van der Waals surface area (Å²) < 4.78 is 16.7. The van der Waals surface area contributed by atoms with Gasteiger partial charge in [0.2, 0.25) is 0 Å². The van der Waals surface area contributed by atoms with E-state index in [0.717, 1.165) is 135 Å². The van der Waals surface area contributed by atoms with Crippen LogP contribution in [0.1, 0.15) is 226 Å². The molecular formula is C73H110O6. The zero-order valence-electron chi connectivity index (χ0n) is 50.0. The van der Waals surface area contributed by atoms with Crippen molar-refractivity contribution in [3.05, 3.63) is 194 Å². The van der Waals surface area contributed by atoms with E-state index in [1.807, 2.05) is 6.08 Å². The van der Waals surface area contributed by atoms with E-state index in [4.69, 9.17) is 14.2 Å². The van der Waals surface area contributed by atoms with E-state index < -0.39 is 12.1 Å². The van der Waals surface area contributed by atoms with Crippen molar-refractivity contribution in [1.82, 2.24) is 0 Å². The summed E-state index contributed by atoms with van der Waals surface area (Å²) in [6.45, 7) is 6.23. The largest absolute Gasteiger partial charge is 0.462 e. The van der Waals surface area contributed by atoms with Gasteiger partial charge in [-0.3, -0.25) is 14.4 Å². The lowest BCUT2D eigenvalue weighted by molar-refractivity contribution is -0.166. The van der Waals surface area contributed by atoms with Gasteiger partial charge in [-0.15, -0.1) is 0 Å². The lowest BCUT2D eigenvalue weighted by atomic mass is 10.1. The molecule has 0 fully saturated rings. The Hall–Kier alpha value is -5.75. The lowest BCUT2D eigenvalue weighted by Crippen LogP contribution is -2.30. The fraction of sp³-hybridized carbons (Fsp3) is 0.521. The van der Waals surface area contributed by atoms with Crippen LogP contribution in [-0.4, -0.2) is 37.2 Å². The molecular weight excluding hydrogens is 973 g/mol. The minimum Gasteiger partial charge on any atom is -0.462 e. The zero-order chi connectivity index (χ0) is 57.1. The van der Waals surface area contributed by atoms with Crippen LogP contribution in [-0.2, 0) is 28.6 Å². The highest BCUT2D eigenvalue weighted by atomic mass is 16.6. The van der Waals surface area contributed by atoms with Gasteiger partial charge in [-0.1, -0.05) is 254 Å². The van der Waals surface area contributed by atoms with Gasteiger partial charge < -0.3 is 14.2 Å². The Balaban J connectivity index is 4.59. The van der Waals surface area contributed by atoms with Crippen molar-refractivity contribution in [3.8, 4) is 0 Å². The van der Waals surface area contributed by atoms with Gasteiger partial charge in [0.25, 0.3) is 0 Å². The molecule has 0 aromatic carbocycles. The van der Waals surface area contributed by atoms with E-state index in [2.05, 4.69) is 203 Å². The summed E-state index contributed by atoms with van der Waals surface area (Å²) in [5.74, 6) is -1.14. The molecule has 6 heteroatoms. The first-order chi connectivity index (χ1) is 39.0. The van der Waals surface area contributed by atoms with E-state index >= 15 is 0 Å². The molecule has 0 spiro atoms. The summed E-state index contributed by atoms with van der Waals surface area (Å²) in [6.07, 6.45) is 98.8. The maximum Gasteiger partial charge on any atom is 0.309 e. The van der Waals surface area contributed by atoms with Crippen molar-refractivity contribution in [1.29, 1.82) is 0 Å². The lowest BCUT2D eigenvalue weighted by Gasteiger charge is -2.18. The molecule has 0 radical (unpaired) electrons. The molecule has 0 aliphatic heterocycles. The van der Waals surface area contributed by atoms with E-state index in [-0.39, 0.29) is 44.4 Å². The molecule has 1 atom stereocenters. The summed E-state index contributed by atoms with van der Waals surface area (Å²) in [5, 5.41) is 0. The van der Waals surface area contributed by atoms with Gasteiger partial charge in [-0.25, -0.2) is 0 Å². The molecule has 0 aromatic rings. The highest BCUT2D eigenvalue weighted by Gasteiger charge is 2.19. The number of esters is 3.